The monoisotopic (exact) mass is 540 g/mol. The maximum absolute atomic E-state index is 12.3. The molecule has 0 spiro atoms. The maximum atomic E-state index is 12.3. The van der Waals surface area contributed by atoms with Gasteiger partial charge in [-0.05, 0) is 12.8 Å². The van der Waals surface area contributed by atoms with Crippen molar-refractivity contribution in [2.75, 3.05) is 6.61 Å². The minimum absolute atomic E-state index is 0.0308. The Hall–Kier alpha value is -0.610. The highest BCUT2D eigenvalue weighted by atomic mass is 16.3. The van der Waals surface area contributed by atoms with Gasteiger partial charge >= 0.3 is 0 Å². The van der Waals surface area contributed by atoms with Gasteiger partial charge in [0.2, 0.25) is 5.91 Å². The fourth-order valence-corrected chi connectivity index (χ4v) is 5.42. The van der Waals surface area contributed by atoms with Crippen LogP contribution in [0.5, 0.6) is 0 Å². The summed E-state index contributed by atoms with van der Waals surface area (Å²) in [4.78, 5) is 12.3. The van der Waals surface area contributed by atoms with Gasteiger partial charge in [0.05, 0.1) is 18.8 Å². The number of nitrogens with one attached hydrogen (secondary N) is 1. The van der Waals surface area contributed by atoms with Gasteiger partial charge in [0.1, 0.15) is 0 Å². The van der Waals surface area contributed by atoms with Crippen LogP contribution >= 0.6 is 0 Å². The van der Waals surface area contributed by atoms with Crippen molar-refractivity contribution in [2.24, 2.45) is 0 Å². The van der Waals surface area contributed by atoms with E-state index in [1.165, 1.54) is 141 Å². The molecule has 0 rings (SSSR count). The number of hydrogen-bond donors (Lipinski definition) is 3. The number of rotatable bonds is 31. The quantitative estimate of drug-likeness (QED) is 0.0768. The molecule has 3 N–H and O–H groups in total. The summed E-state index contributed by atoms with van der Waals surface area (Å²) >= 11 is 0. The molecule has 0 bridgehead atoms. The van der Waals surface area contributed by atoms with Gasteiger partial charge in [-0.15, -0.1) is 0 Å². The molecule has 4 nitrogen and oxygen atoms in total. The van der Waals surface area contributed by atoms with E-state index in [2.05, 4.69) is 19.2 Å². The summed E-state index contributed by atoms with van der Waals surface area (Å²) in [6, 6.07) is -0.526. The van der Waals surface area contributed by atoms with Crippen molar-refractivity contribution in [3.8, 4) is 0 Å². The second-order valence-corrected chi connectivity index (χ2v) is 11.9. The number of unbranched alkanes of at least 4 members (excludes halogenated alkanes) is 24. The molecule has 228 valence electrons. The standard InChI is InChI=1S/C34H69NO3/c1-3-5-7-9-11-13-15-16-17-18-20-22-24-26-28-30-34(38)35-32(31-36)33(37)29-27-25-23-21-19-14-12-10-8-6-4-2/h32-33,36-37H,3-31H2,1-2H3,(H,35,38)/t32-,33+/m0/s1. The van der Waals surface area contributed by atoms with E-state index in [1.807, 2.05) is 0 Å². The molecular weight excluding hydrogens is 470 g/mol. The molecule has 0 aromatic carbocycles. The molecule has 2 atom stereocenters. The second kappa shape index (κ2) is 30.9. The lowest BCUT2D eigenvalue weighted by Gasteiger charge is -2.22. The van der Waals surface area contributed by atoms with Gasteiger partial charge in [0.25, 0.3) is 0 Å². The number of hydrogen-bond acceptors (Lipinski definition) is 3. The summed E-state index contributed by atoms with van der Waals surface area (Å²) in [5.74, 6) is -0.0308. The molecule has 38 heavy (non-hydrogen) atoms. The van der Waals surface area contributed by atoms with Crippen molar-refractivity contribution >= 4 is 5.91 Å². The minimum Gasteiger partial charge on any atom is -0.394 e. The Morgan fingerprint density at radius 3 is 1.18 bits per heavy atom. The van der Waals surface area contributed by atoms with E-state index < -0.39 is 12.1 Å². The van der Waals surface area contributed by atoms with Crippen LogP contribution in [0.4, 0.5) is 0 Å². The van der Waals surface area contributed by atoms with Crippen LogP contribution in [0, 0.1) is 0 Å². The zero-order chi connectivity index (χ0) is 27.9. The summed E-state index contributed by atoms with van der Waals surface area (Å²) in [7, 11) is 0. The van der Waals surface area contributed by atoms with E-state index in [9.17, 15) is 15.0 Å². The Kier molecular flexibility index (Phi) is 30.4. The third kappa shape index (κ3) is 27.0. The zero-order valence-corrected chi connectivity index (χ0v) is 26.0. The van der Waals surface area contributed by atoms with Crippen LogP contribution in [-0.2, 0) is 4.79 Å². The van der Waals surface area contributed by atoms with Crippen molar-refractivity contribution in [2.45, 2.75) is 206 Å². The van der Waals surface area contributed by atoms with E-state index >= 15 is 0 Å². The molecule has 0 aromatic rings. The molecule has 0 aliphatic carbocycles. The van der Waals surface area contributed by atoms with Crippen molar-refractivity contribution in [3.05, 3.63) is 0 Å². The predicted molar refractivity (Wildman–Crippen MR) is 166 cm³/mol. The van der Waals surface area contributed by atoms with Crippen LogP contribution in [-0.4, -0.2) is 34.9 Å². The SMILES string of the molecule is CCCCCCCCCCCCCCCCCC(=O)N[C@@H](CO)[C@H](O)CCCCCCCCCCCCC. The average Bonchev–Trinajstić information content (AvgIpc) is 2.92. The number of aliphatic hydroxyl groups is 2. The first-order valence-corrected chi connectivity index (χ1v) is 17.2. The largest absolute Gasteiger partial charge is 0.394 e. The second-order valence-electron chi connectivity index (χ2n) is 11.9. The molecule has 0 aromatic heterocycles. The molecule has 0 heterocycles. The summed E-state index contributed by atoms with van der Waals surface area (Å²) in [6.45, 7) is 4.34. The van der Waals surface area contributed by atoms with Gasteiger partial charge in [-0.3, -0.25) is 4.79 Å². The Morgan fingerprint density at radius 2 is 0.842 bits per heavy atom. The lowest BCUT2D eigenvalue weighted by atomic mass is 10.0. The zero-order valence-electron chi connectivity index (χ0n) is 26.0. The van der Waals surface area contributed by atoms with Crippen molar-refractivity contribution in [1.82, 2.24) is 5.32 Å². The lowest BCUT2D eigenvalue weighted by molar-refractivity contribution is -0.123. The molecule has 0 fully saturated rings. The molecule has 0 radical (unpaired) electrons. The van der Waals surface area contributed by atoms with E-state index in [-0.39, 0.29) is 12.5 Å². The first kappa shape index (κ1) is 37.4. The number of aliphatic hydroxyl groups excluding tert-OH is 2. The Labute approximate surface area is 238 Å². The third-order valence-electron chi connectivity index (χ3n) is 8.12. The van der Waals surface area contributed by atoms with Crippen LogP contribution < -0.4 is 5.32 Å². The Bertz CT molecular complexity index is 471. The van der Waals surface area contributed by atoms with Gasteiger partial charge in [0, 0.05) is 6.42 Å². The van der Waals surface area contributed by atoms with Gasteiger partial charge in [-0.1, -0.05) is 174 Å². The minimum atomic E-state index is -0.649. The summed E-state index contributed by atoms with van der Waals surface area (Å²) in [5, 5.41) is 22.9. The number of amides is 1. The fraction of sp³-hybridized carbons (Fsp3) is 0.971. The van der Waals surface area contributed by atoms with Gasteiger partial charge in [0.15, 0.2) is 0 Å². The fourth-order valence-electron chi connectivity index (χ4n) is 5.42. The highest BCUT2D eigenvalue weighted by Gasteiger charge is 2.19. The van der Waals surface area contributed by atoms with Gasteiger partial charge in [-0.2, -0.15) is 0 Å². The smallest absolute Gasteiger partial charge is 0.220 e. The topological polar surface area (TPSA) is 69.6 Å². The van der Waals surface area contributed by atoms with Crippen molar-refractivity contribution < 1.29 is 15.0 Å². The molecule has 0 aliphatic rings. The molecule has 4 heteroatoms. The van der Waals surface area contributed by atoms with Gasteiger partial charge in [-0.25, -0.2) is 0 Å². The molecule has 0 saturated carbocycles. The van der Waals surface area contributed by atoms with Crippen LogP contribution in [0.1, 0.15) is 194 Å². The molecule has 0 unspecified atom stereocenters. The van der Waals surface area contributed by atoms with E-state index in [4.69, 9.17) is 0 Å². The highest BCUT2D eigenvalue weighted by molar-refractivity contribution is 5.76. The Morgan fingerprint density at radius 1 is 0.526 bits per heavy atom. The van der Waals surface area contributed by atoms with E-state index in [0.717, 1.165) is 25.7 Å². The molecular formula is C34H69NO3. The van der Waals surface area contributed by atoms with Crippen LogP contribution in [0.2, 0.25) is 0 Å². The van der Waals surface area contributed by atoms with Crippen LogP contribution in [0.15, 0.2) is 0 Å². The summed E-state index contributed by atoms with van der Waals surface area (Å²) < 4.78 is 0. The third-order valence-corrected chi connectivity index (χ3v) is 8.12. The van der Waals surface area contributed by atoms with Crippen LogP contribution in [0.25, 0.3) is 0 Å². The molecule has 1 amide bonds. The maximum Gasteiger partial charge on any atom is 0.220 e. The van der Waals surface area contributed by atoms with Crippen molar-refractivity contribution in [1.29, 1.82) is 0 Å². The predicted octanol–water partition coefficient (Wildman–Crippen LogP) is 9.79. The molecule has 0 saturated heterocycles. The first-order valence-electron chi connectivity index (χ1n) is 17.2. The number of carbonyl (C=O) groups excluding carboxylic acids is 1. The summed E-state index contributed by atoms with van der Waals surface area (Å²) in [5.41, 5.74) is 0. The average molecular weight is 540 g/mol. The van der Waals surface area contributed by atoms with Crippen molar-refractivity contribution in [3.63, 3.8) is 0 Å². The molecule has 0 aliphatic heterocycles. The van der Waals surface area contributed by atoms with E-state index in [0.29, 0.717) is 12.8 Å². The van der Waals surface area contributed by atoms with Crippen LogP contribution in [0.3, 0.4) is 0 Å². The first-order chi connectivity index (χ1) is 18.7. The van der Waals surface area contributed by atoms with Gasteiger partial charge < -0.3 is 15.5 Å². The Balaban J connectivity index is 3.53. The summed E-state index contributed by atoms with van der Waals surface area (Å²) in [6.07, 6.45) is 34.3. The lowest BCUT2D eigenvalue weighted by Crippen LogP contribution is -2.45. The van der Waals surface area contributed by atoms with E-state index in [1.54, 1.807) is 0 Å². The number of carbonyl (C=O) groups is 1. The highest BCUT2D eigenvalue weighted by Crippen LogP contribution is 2.15. The normalized spacial score (nSPS) is 13.1.